The quantitative estimate of drug-likeness (QED) is 0.227. The van der Waals surface area contributed by atoms with Gasteiger partial charge in [0.2, 0.25) is 0 Å². The van der Waals surface area contributed by atoms with Gasteiger partial charge in [0.1, 0.15) is 28.7 Å². The molecule has 190 valence electrons. The van der Waals surface area contributed by atoms with E-state index in [2.05, 4.69) is 17.1 Å². The molecule has 0 bridgehead atoms. The average Bonchev–Trinajstić information content (AvgIpc) is 3.70. The van der Waals surface area contributed by atoms with E-state index in [1.54, 1.807) is 18.2 Å². The molecule has 37 heavy (non-hydrogen) atoms. The Morgan fingerprint density at radius 1 is 1.19 bits per heavy atom. The van der Waals surface area contributed by atoms with Crippen molar-refractivity contribution in [1.82, 2.24) is 10.1 Å². The molecule has 2 heterocycles. The number of nitrogens with zero attached hydrogens (tertiary/aromatic N) is 2. The first kappa shape index (κ1) is 24.7. The molecule has 2 unspecified atom stereocenters. The summed E-state index contributed by atoms with van der Waals surface area (Å²) in [5.74, 6) is 0.966. The van der Waals surface area contributed by atoms with Gasteiger partial charge >= 0.3 is 5.97 Å². The van der Waals surface area contributed by atoms with Gasteiger partial charge in [-0.05, 0) is 55.0 Å². The first-order valence-corrected chi connectivity index (χ1v) is 13.8. The SMILES string of the molecule is CC1(c2ncc(C(=O)O)s2)CC1c1ccc(OCc2c(-c3c(Cl)cccc3Cl)noc2C2CC2)cc1Cl. The predicted octanol–water partition coefficient (Wildman–Crippen LogP) is 8.36. The van der Waals surface area contributed by atoms with E-state index in [9.17, 15) is 9.90 Å². The minimum absolute atomic E-state index is 0.162. The Morgan fingerprint density at radius 2 is 1.95 bits per heavy atom. The van der Waals surface area contributed by atoms with Gasteiger partial charge in [-0.3, -0.25) is 0 Å². The molecule has 2 aliphatic carbocycles. The van der Waals surface area contributed by atoms with E-state index in [1.807, 2.05) is 18.2 Å². The number of rotatable bonds is 8. The summed E-state index contributed by atoms with van der Waals surface area (Å²) < 4.78 is 11.9. The zero-order chi connectivity index (χ0) is 25.9. The number of carbonyl (C=O) groups is 1. The Labute approximate surface area is 232 Å². The van der Waals surface area contributed by atoms with Crippen molar-refractivity contribution in [1.29, 1.82) is 0 Å². The van der Waals surface area contributed by atoms with Crippen molar-refractivity contribution in [2.75, 3.05) is 0 Å². The summed E-state index contributed by atoms with van der Waals surface area (Å²) in [6, 6.07) is 11.0. The summed E-state index contributed by atoms with van der Waals surface area (Å²) in [7, 11) is 0. The van der Waals surface area contributed by atoms with E-state index in [0.29, 0.717) is 38.0 Å². The number of hydrogen-bond acceptors (Lipinski definition) is 6. The van der Waals surface area contributed by atoms with Crippen LogP contribution in [0.15, 0.2) is 47.1 Å². The van der Waals surface area contributed by atoms with E-state index in [1.165, 1.54) is 17.5 Å². The molecule has 2 aromatic heterocycles. The van der Waals surface area contributed by atoms with Crippen LogP contribution < -0.4 is 4.74 Å². The largest absolute Gasteiger partial charge is 0.489 e. The van der Waals surface area contributed by atoms with E-state index in [0.717, 1.165) is 41.2 Å². The minimum atomic E-state index is -0.957. The second kappa shape index (κ2) is 9.31. The Kier molecular flexibility index (Phi) is 6.23. The summed E-state index contributed by atoms with van der Waals surface area (Å²) in [5, 5.41) is 16.0. The molecule has 6 nitrogen and oxygen atoms in total. The van der Waals surface area contributed by atoms with Crippen molar-refractivity contribution in [2.24, 2.45) is 0 Å². The molecule has 6 rings (SSSR count). The van der Waals surface area contributed by atoms with Crippen molar-refractivity contribution in [3.8, 4) is 17.0 Å². The lowest BCUT2D eigenvalue weighted by Crippen LogP contribution is -2.04. The lowest BCUT2D eigenvalue weighted by atomic mass is 10.0. The number of hydrogen-bond donors (Lipinski definition) is 1. The predicted molar refractivity (Wildman–Crippen MR) is 144 cm³/mol. The van der Waals surface area contributed by atoms with Crippen LogP contribution in [0.4, 0.5) is 0 Å². The number of benzene rings is 2. The molecule has 0 spiro atoms. The van der Waals surface area contributed by atoms with Gasteiger partial charge in [0, 0.05) is 21.9 Å². The van der Waals surface area contributed by atoms with E-state index >= 15 is 0 Å². The van der Waals surface area contributed by atoms with Gasteiger partial charge in [-0.25, -0.2) is 9.78 Å². The third-order valence-corrected chi connectivity index (χ3v) is 9.36. The van der Waals surface area contributed by atoms with Crippen molar-refractivity contribution < 1.29 is 19.2 Å². The maximum atomic E-state index is 11.3. The molecule has 2 aromatic carbocycles. The first-order chi connectivity index (χ1) is 17.8. The van der Waals surface area contributed by atoms with Gasteiger partial charge in [-0.15, -0.1) is 11.3 Å². The molecule has 2 aliphatic rings. The van der Waals surface area contributed by atoms with Crippen LogP contribution in [0.5, 0.6) is 5.75 Å². The molecule has 0 saturated heterocycles. The second-order valence-electron chi connectivity index (χ2n) is 9.73. The van der Waals surface area contributed by atoms with Gasteiger partial charge in [-0.1, -0.05) is 59.0 Å². The Morgan fingerprint density at radius 3 is 2.59 bits per heavy atom. The number of carboxylic acid groups (broad SMARTS) is 1. The van der Waals surface area contributed by atoms with Crippen molar-refractivity contribution in [3.05, 3.63) is 84.4 Å². The molecule has 0 amide bonds. The monoisotopic (exact) mass is 574 g/mol. The van der Waals surface area contributed by atoms with Gasteiger partial charge in [-0.2, -0.15) is 0 Å². The molecular weight excluding hydrogens is 555 g/mol. The summed E-state index contributed by atoms with van der Waals surface area (Å²) in [6.45, 7) is 2.33. The fourth-order valence-corrected chi connectivity index (χ4v) is 6.62. The summed E-state index contributed by atoms with van der Waals surface area (Å²) >= 11 is 20.8. The van der Waals surface area contributed by atoms with Crippen LogP contribution >= 0.6 is 46.1 Å². The second-order valence-corrected chi connectivity index (χ2v) is 12.0. The zero-order valence-corrected chi connectivity index (χ0v) is 22.7. The molecular formula is C27H21Cl3N2O4S. The summed E-state index contributed by atoms with van der Waals surface area (Å²) in [6.07, 6.45) is 4.37. The Balaban J connectivity index is 1.22. The number of aromatic carboxylic acids is 1. The van der Waals surface area contributed by atoms with Gasteiger partial charge in [0.25, 0.3) is 0 Å². The van der Waals surface area contributed by atoms with E-state index < -0.39 is 5.97 Å². The number of thiazole rings is 1. The van der Waals surface area contributed by atoms with Crippen LogP contribution in [0.25, 0.3) is 11.3 Å². The highest BCUT2D eigenvalue weighted by Gasteiger charge is 2.55. The number of aromatic nitrogens is 2. The van der Waals surface area contributed by atoms with Crippen LogP contribution in [0.3, 0.4) is 0 Å². The Bertz CT molecular complexity index is 1510. The average molecular weight is 576 g/mol. The molecule has 0 aliphatic heterocycles. The Hall–Kier alpha value is -2.58. The van der Waals surface area contributed by atoms with Crippen LogP contribution in [-0.4, -0.2) is 21.2 Å². The molecule has 2 saturated carbocycles. The van der Waals surface area contributed by atoms with Gasteiger partial charge in [0.05, 0.1) is 26.8 Å². The highest BCUT2D eigenvalue weighted by Crippen LogP contribution is 2.62. The minimum Gasteiger partial charge on any atom is -0.489 e. The maximum Gasteiger partial charge on any atom is 0.347 e. The van der Waals surface area contributed by atoms with E-state index in [4.69, 9.17) is 44.1 Å². The molecule has 1 N–H and O–H groups in total. The summed E-state index contributed by atoms with van der Waals surface area (Å²) in [5.41, 5.74) is 2.84. The zero-order valence-electron chi connectivity index (χ0n) is 19.6. The fraction of sp³-hybridized carbons (Fsp3) is 0.296. The van der Waals surface area contributed by atoms with Crippen LogP contribution in [0, 0.1) is 0 Å². The third-order valence-electron chi connectivity index (χ3n) is 7.14. The fourth-order valence-electron chi connectivity index (χ4n) is 4.78. The lowest BCUT2D eigenvalue weighted by Gasteiger charge is -2.12. The highest BCUT2D eigenvalue weighted by atomic mass is 35.5. The van der Waals surface area contributed by atoms with Crippen molar-refractivity contribution in [2.45, 2.75) is 50.0 Å². The van der Waals surface area contributed by atoms with Crippen LogP contribution in [0.1, 0.15) is 69.6 Å². The number of carboxylic acids is 1. The van der Waals surface area contributed by atoms with Crippen molar-refractivity contribution >= 4 is 52.1 Å². The van der Waals surface area contributed by atoms with Crippen molar-refractivity contribution in [3.63, 3.8) is 0 Å². The smallest absolute Gasteiger partial charge is 0.347 e. The standard InChI is InChI=1S/C27H21Cl3N2O4S/c1-27(26-31-11-21(37-26)25(33)34)10-17(27)15-8-7-14(9-20(15)30)35-12-16-23(32-36-24(16)13-5-6-13)22-18(28)3-2-4-19(22)29/h2-4,7-9,11,13,17H,5-6,10,12H2,1H3,(H,33,34). The lowest BCUT2D eigenvalue weighted by molar-refractivity contribution is 0.0702. The highest BCUT2D eigenvalue weighted by molar-refractivity contribution is 7.13. The first-order valence-electron chi connectivity index (χ1n) is 11.8. The number of ether oxygens (including phenoxy) is 1. The summed E-state index contributed by atoms with van der Waals surface area (Å²) in [4.78, 5) is 15.9. The molecule has 2 atom stereocenters. The molecule has 2 fully saturated rings. The molecule has 0 radical (unpaired) electrons. The normalized spacial score (nSPS) is 20.7. The van der Waals surface area contributed by atoms with Crippen LogP contribution in [-0.2, 0) is 12.0 Å². The third kappa shape index (κ3) is 4.52. The van der Waals surface area contributed by atoms with Gasteiger partial charge < -0.3 is 14.4 Å². The van der Waals surface area contributed by atoms with Crippen LogP contribution in [0.2, 0.25) is 15.1 Å². The van der Waals surface area contributed by atoms with E-state index in [-0.39, 0.29) is 22.8 Å². The number of halogens is 3. The molecule has 4 aromatic rings. The maximum absolute atomic E-state index is 11.3. The topological polar surface area (TPSA) is 85.5 Å². The molecule has 10 heteroatoms. The van der Waals surface area contributed by atoms with Gasteiger partial charge in [0.15, 0.2) is 0 Å².